The second kappa shape index (κ2) is 4.69. The summed E-state index contributed by atoms with van der Waals surface area (Å²) in [6.07, 6.45) is 8.68. The fourth-order valence-electron chi connectivity index (χ4n) is 2.42. The molecule has 15 heavy (non-hydrogen) atoms. The fourth-order valence-corrected chi connectivity index (χ4v) is 2.42. The minimum absolute atomic E-state index is 0.641. The first-order valence-electron chi connectivity index (χ1n) is 6.04. The molecule has 0 aliphatic heterocycles. The van der Waals surface area contributed by atoms with Gasteiger partial charge in [-0.1, -0.05) is 13.3 Å². The van der Waals surface area contributed by atoms with Crippen LogP contribution in [0.25, 0.3) is 0 Å². The van der Waals surface area contributed by atoms with Crippen molar-refractivity contribution in [2.24, 2.45) is 13.0 Å². The highest BCUT2D eigenvalue weighted by Gasteiger charge is 2.19. The normalized spacial score (nSPS) is 26.5. The van der Waals surface area contributed by atoms with Crippen molar-refractivity contribution in [1.29, 1.82) is 0 Å². The smallest absolute Gasteiger partial charge is 0.148 e. The van der Waals surface area contributed by atoms with Crippen molar-refractivity contribution < 1.29 is 0 Å². The quantitative estimate of drug-likeness (QED) is 0.826. The summed E-state index contributed by atoms with van der Waals surface area (Å²) < 4.78 is 1.85. The van der Waals surface area contributed by atoms with E-state index in [4.69, 9.17) is 0 Å². The Labute approximate surface area is 91.9 Å². The van der Waals surface area contributed by atoms with Gasteiger partial charge in [0.15, 0.2) is 0 Å². The van der Waals surface area contributed by atoms with Crippen LogP contribution in [0.15, 0.2) is 12.3 Å². The van der Waals surface area contributed by atoms with E-state index in [1.54, 1.807) is 0 Å². The van der Waals surface area contributed by atoms with E-state index in [9.17, 15) is 0 Å². The number of nitrogens with one attached hydrogen (secondary N) is 1. The molecule has 0 aromatic carbocycles. The lowest BCUT2D eigenvalue weighted by Crippen LogP contribution is -2.26. The molecular formula is C12H21N3. The third-order valence-electron chi connectivity index (χ3n) is 3.49. The molecule has 0 radical (unpaired) electrons. The number of aromatic nitrogens is 2. The van der Waals surface area contributed by atoms with Crippen LogP contribution in [-0.4, -0.2) is 15.8 Å². The van der Waals surface area contributed by atoms with Gasteiger partial charge in [-0.2, -0.15) is 5.10 Å². The highest BCUT2D eigenvalue weighted by atomic mass is 15.3. The van der Waals surface area contributed by atoms with Crippen LogP contribution in [0.1, 0.15) is 39.0 Å². The molecule has 0 amide bonds. The molecule has 1 saturated carbocycles. The third kappa shape index (κ3) is 2.74. The van der Waals surface area contributed by atoms with Gasteiger partial charge >= 0.3 is 0 Å². The summed E-state index contributed by atoms with van der Waals surface area (Å²) in [5, 5.41) is 7.86. The van der Waals surface area contributed by atoms with Crippen LogP contribution in [0.3, 0.4) is 0 Å². The van der Waals surface area contributed by atoms with Gasteiger partial charge in [-0.15, -0.1) is 0 Å². The Kier molecular flexibility index (Phi) is 3.29. The summed E-state index contributed by atoms with van der Waals surface area (Å²) in [5.41, 5.74) is 0. The second-order valence-electron chi connectivity index (χ2n) is 4.64. The molecule has 1 aromatic heterocycles. The number of aryl methyl sites for hydroxylation is 1. The summed E-state index contributed by atoms with van der Waals surface area (Å²) >= 11 is 0. The van der Waals surface area contributed by atoms with Gasteiger partial charge in [0.05, 0.1) is 0 Å². The van der Waals surface area contributed by atoms with Gasteiger partial charge in [0, 0.05) is 25.4 Å². The second-order valence-corrected chi connectivity index (χ2v) is 4.64. The van der Waals surface area contributed by atoms with Crippen LogP contribution in [-0.2, 0) is 7.05 Å². The lowest BCUT2D eigenvalue weighted by molar-refractivity contribution is 0.330. The lowest BCUT2D eigenvalue weighted by Gasteiger charge is -2.28. The molecule has 0 unspecified atom stereocenters. The van der Waals surface area contributed by atoms with E-state index in [0.29, 0.717) is 6.04 Å². The Hall–Kier alpha value is -0.990. The van der Waals surface area contributed by atoms with Crippen LogP contribution in [0.4, 0.5) is 5.82 Å². The molecular weight excluding hydrogens is 186 g/mol. The fraction of sp³-hybridized carbons (Fsp3) is 0.750. The molecule has 0 saturated heterocycles. The Morgan fingerprint density at radius 2 is 2.13 bits per heavy atom. The van der Waals surface area contributed by atoms with Crippen LogP contribution in [0.5, 0.6) is 0 Å². The van der Waals surface area contributed by atoms with Gasteiger partial charge in [-0.25, -0.2) is 0 Å². The van der Waals surface area contributed by atoms with Gasteiger partial charge in [0.1, 0.15) is 5.82 Å². The topological polar surface area (TPSA) is 29.9 Å². The predicted molar refractivity (Wildman–Crippen MR) is 62.9 cm³/mol. The van der Waals surface area contributed by atoms with Crippen LogP contribution < -0.4 is 5.32 Å². The molecule has 2 rings (SSSR count). The third-order valence-corrected chi connectivity index (χ3v) is 3.49. The van der Waals surface area contributed by atoms with Gasteiger partial charge in [0.2, 0.25) is 0 Å². The SMILES string of the molecule is CCC1CCC(Nc2ccn(C)n2)CC1. The van der Waals surface area contributed by atoms with E-state index >= 15 is 0 Å². The molecule has 84 valence electrons. The van der Waals surface area contributed by atoms with Crippen LogP contribution in [0, 0.1) is 5.92 Å². The molecule has 1 aliphatic rings. The highest BCUT2D eigenvalue weighted by molar-refractivity contribution is 5.33. The molecule has 1 aromatic rings. The van der Waals surface area contributed by atoms with Crippen molar-refractivity contribution in [3.63, 3.8) is 0 Å². The van der Waals surface area contributed by atoms with Crippen molar-refractivity contribution in [2.45, 2.75) is 45.1 Å². The molecule has 0 spiro atoms. The summed E-state index contributed by atoms with van der Waals surface area (Å²) in [6.45, 7) is 2.30. The van der Waals surface area contributed by atoms with E-state index in [2.05, 4.69) is 17.3 Å². The Bertz CT molecular complexity index is 298. The first-order chi connectivity index (χ1) is 7.28. The molecule has 0 atom stereocenters. The van der Waals surface area contributed by atoms with Gasteiger partial charge < -0.3 is 5.32 Å². The Morgan fingerprint density at radius 1 is 1.40 bits per heavy atom. The molecule has 3 nitrogen and oxygen atoms in total. The van der Waals surface area contributed by atoms with Gasteiger partial charge in [-0.05, 0) is 31.6 Å². The first-order valence-corrected chi connectivity index (χ1v) is 6.04. The predicted octanol–water partition coefficient (Wildman–Crippen LogP) is 2.80. The molecule has 1 aliphatic carbocycles. The van der Waals surface area contributed by atoms with E-state index in [1.807, 2.05) is 24.0 Å². The molecule has 0 bridgehead atoms. The van der Waals surface area contributed by atoms with E-state index in [1.165, 1.54) is 32.1 Å². The molecule has 1 N–H and O–H groups in total. The zero-order chi connectivity index (χ0) is 10.7. The van der Waals surface area contributed by atoms with Crippen molar-refractivity contribution in [2.75, 3.05) is 5.32 Å². The number of hydrogen-bond donors (Lipinski definition) is 1. The molecule has 3 heteroatoms. The number of anilines is 1. The van der Waals surface area contributed by atoms with Gasteiger partial charge in [0.25, 0.3) is 0 Å². The lowest BCUT2D eigenvalue weighted by atomic mass is 9.84. The average Bonchev–Trinajstić information content (AvgIpc) is 2.65. The summed E-state index contributed by atoms with van der Waals surface area (Å²) in [6, 6.07) is 2.69. The zero-order valence-corrected chi connectivity index (χ0v) is 9.74. The number of nitrogens with zero attached hydrogens (tertiary/aromatic N) is 2. The molecule has 1 fully saturated rings. The van der Waals surface area contributed by atoms with Crippen LogP contribution >= 0.6 is 0 Å². The maximum Gasteiger partial charge on any atom is 0.148 e. The Morgan fingerprint density at radius 3 is 2.67 bits per heavy atom. The van der Waals surface area contributed by atoms with E-state index < -0.39 is 0 Å². The minimum atomic E-state index is 0.641. The monoisotopic (exact) mass is 207 g/mol. The van der Waals surface area contributed by atoms with Crippen molar-refractivity contribution in [1.82, 2.24) is 9.78 Å². The van der Waals surface area contributed by atoms with Crippen molar-refractivity contribution in [3.05, 3.63) is 12.3 Å². The summed E-state index contributed by atoms with van der Waals surface area (Å²) in [5.74, 6) is 1.99. The van der Waals surface area contributed by atoms with Crippen molar-refractivity contribution in [3.8, 4) is 0 Å². The highest BCUT2D eigenvalue weighted by Crippen LogP contribution is 2.27. The maximum atomic E-state index is 4.35. The largest absolute Gasteiger partial charge is 0.366 e. The Balaban J connectivity index is 1.82. The van der Waals surface area contributed by atoms with Gasteiger partial charge in [-0.3, -0.25) is 4.68 Å². The zero-order valence-electron chi connectivity index (χ0n) is 9.74. The minimum Gasteiger partial charge on any atom is -0.366 e. The van der Waals surface area contributed by atoms with Crippen molar-refractivity contribution >= 4 is 5.82 Å². The number of rotatable bonds is 3. The molecule has 1 heterocycles. The summed E-state index contributed by atoms with van der Waals surface area (Å²) in [4.78, 5) is 0. The number of hydrogen-bond acceptors (Lipinski definition) is 2. The maximum absolute atomic E-state index is 4.35. The average molecular weight is 207 g/mol. The summed E-state index contributed by atoms with van der Waals surface area (Å²) in [7, 11) is 1.96. The van der Waals surface area contributed by atoms with Crippen LogP contribution in [0.2, 0.25) is 0 Å². The standard InChI is InChI=1S/C12H21N3/c1-3-10-4-6-11(7-5-10)13-12-8-9-15(2)14-12/h8-11H,3-7H2,1-2H3,(H,13,14). The first kappa shape index (κ1) is 10.5. The van der Waals surface area contributed by atoms with E-state index in [-0.39, 0.29) is 0 Å². The van der Waals surface area contributed by atoms with E-state index in [0.717, 1.165) is 11.7 Å².